The predicted molar refractivity (Wildman–Crippen MR) is 67.0 cm³/mol. The first-order chi connectivity index (χ1) is 7.62. The lowest BCUT2D eigenvalue weighted by molar-refractivity contribution is -0.870. The SMILES string of the molecule is CC(C)OCCOP(=O)([O-])CCC[N+](C)(C)C. The maximum Gasteiger partial charge on any atom is 0.135 e. The summed E-state index contributed by atoms with van der Waals surface area (Å²) in [5, 5.41) is 0. The van der Waals surface area contributed by atoms with Gasteiger partial charge in [-0.2, -0.15) is 0 Å². The smallest absolute Gasteiger partial charge is 0.135 e. The van der Waals surface area contributed by atoms with E-state index in [4.69, 9.17) is 9.26 Å². The third-order valence-corrected chi connectivity index (χ3v) is 3.52. The van der Waals surface area contributed by atoms with Gasteiger partial charge in [-0.15, -0.1) is 0 Å². The summed E-state index contributed by atoms with van der Waals surface area (Å²) in [6, 6.07) is 0. The van der Waals surface area contributed by atoms with Gasteiger partial charge in [0.2, 0.25) is 0 Å². The van der Waals surface area contributed by atoms with E-state index < -0.39 is 7.60 Å². The zero-order valence-electron chi connectivity index (χ0n) is 11.6. The fraction of sp³-hybridized carbons (Fsp3) is 1.00. The van der Waals surface area contributed by atoms with E-state index in [9.17, 15) is 9.46 Å². The topological polar surface area (TPSA) is 58.6 Å². The summed E-state index contributed by atoms with van der Waals surface area (Å²) in [5.74, 6) is 0. The summed E-state index contributed by atoms with van der Waals surface area (Å²) in [4.78, 5) is 11.5. The van der Waals surface area contributed by atoms with Gasteiger partial charge in [0.15, 0.2) is 0 Å². The largest absolute Gasteiger partial charge is 0.778 e. The van der Waals surface area contributed by atoms with E-state index in [1.165, 1.54) is 0 Å². The Morgan fingerprint density at radius 3 is 2.29 bits per heavy atom. The fourth-order valence-electron chi connectivity index (χ4n) is 1.26. The highest BCUT2D eigenvalue weighted by atomic mass is 31.2. The quantitative estimate of drug-likeness (QED) is 0.356. The molecular formula is C11H26NO4P. The zero-order chi connectivity index (χ0) is 13.5. The van der Waals surface area contributed by atoms with Crippen LogP contribution in [-0.4, -0.2) is 57.7 Å². The fourth-order valence-corrected chi connectivity index (χ4v) is 2.27. The van der Waals surface area contributed by atoms with Crippen molar-refractivity contribution < 1.29 is 23.2 Å². The lowest BCUT2D eigenvalue weighted by Crippen LogP contribution is -2.35. The van der Waals surface area contributed by atoms with E-state index in [0.717, 1.165) is 11.0 Å². The monoisotopic (exact) mass is 267 g/mol. The molecule has 0 aliphatic heterocycles. The van der Waals surface area contributed by atoms with Crippen LogP contribution in [0.4, 0.5) is 0 Å². The van der Waals surface area contributed by atoms with Crippen LogP contribution in [0.5, 0.6) is 0 Å². The Kier molecular flexibility index (Phi) is 7.52. The van der Waals surface area contributed by atoms with Gasteiger partial charge in [0.1, 0.15) is 7.60 Å². The molecule has 0 saturated heterocycles. The lowest BCUT2D eigenvalue weighted by Gasteiger charge is -2.27. The first-order valence-corrected chi connectivity index (χ1v) is 7.72. The van der Waals surface area contributed by atoms with E-state index in [0.29, 0.717) is 13.0 Å². The van der Waals surface area contributed by atoms with E-state index in [1.807, 2.05) is 35.0 Å². The highest BCUT2D eigenvalue weighted by Crippen LogP contribution is 2.37. The van der Waals surface area contributed by atoms with Gasteiger partial charge in [-0.05, 0) is 13.8 Å². The molecule has 0 heterocycles. The average Bonchev–Trinajstić information content (AvgIpc) is 2.09. The lowest BCUT2D eigenvalue weighted by atomic mass is 10.4. The Bertz CT molecular complexity index is 250. The van der Waals surface area contributed by atoms with Crippen LogP contribution >= 0.6 is 7.60 Å². The molecule has 0 radical (unpaired) electrons. The molecule has 0 saturated carbocycles. The number of hydrogen-bond acceptors (Lipinski definition) is 4. The molecule has 0 aliphatic carbocycles. The minimum atomic E-state index is -3.68. The molecule has 0 N–H and O–H groups in total. The normalized spacial score (nSPS) is 16.2. The van der Waals surface area contributed by atoms with Crippen molar-refractivity contribution in [2.45, 2.75) is 26.4 Å². The van der Waals surface area contributed by atoms with Gasteiger partial charge < -0.3 is 23.2 Å². The van der Waals surface area contributed by atoms with Gasteiger partial charge in [-0.3, -0.25) is 0 Å². The van der Waals surface area contributed by atoms with Crippen molar-refractivity contribution in [3.05, 3.63) is 0 Å². The Morgan fingerprint density at radius 1 is 1.24 bits per heavy atom. The molecule has 1 unspecified atom stereocenters. The molecule has 17 heavy (non-hydrogen) atoms. The van der Waals surface area contributed by atoms with Crippen molar-refractivity contribution >= 4 is 7.60 Å². The van der Waals surface area contributed by atoms with Crippen LogP contribution in [0.2, 0.25) is 0 Å². The van der Waals surface area contributed by atoms with Crippen LogP contribution in [0.1, 0.15) is 20.3 Å². The average molecular weight is 267 g/mol. The minimum Gasteiger partial charge on any atom is -0.778 e. The standard InChI is InChI=1S/C11H26NO4P/c1-11(2)15-8-9-16-17(13,14)10-6-7-12(3,4)5/h11H,6-10H2,1-5H3. The van der Waals surface area contributed by atoms with E-state index in [-0.39, 0.29) is 18.9 Å². The molecule has 0 bridgehead atoms. The summed E-state index contributed by atoms with van der Waals surface area (Å²) >= 11 is 0. The van der Waals surface area contributed by atoms with Crippen molar-refractivity contribution in [3.8, 4) is 0 Å². The number of hydrogen-bond donors (Lipinski definition) is 0. The summed E-state index contributed by atoms with van der Waals surface area (Å²) < 4.78 is 22.3. The number of nitrogens with zero attached hydrogens (tertiary/aromatic N) is 1. The van der Waals surface area contributed by atoms with Crippen LogP contribution < -0.4 is 4.89 Å². The Hall–Kier alpha value is 0.0700. The van der Waals surface area contributed by atoms with Gasteiger partial charge in [0.25, 0.3) is 0 Å². The molecule has 0 amide bonds. The number of rotatable bonds is 9. The Balaban J connectivity index is 3.70. The van der Waals surface area contributed by atoms with Gasteiger partial charge in [-0.25, -0.2) is 0 Å². The molecule has 0 spiro atoms. The van der Waals surface area contributed by atoms with Crippen LogP contribution in [0.3, 0.4) is 0 Å². The minimum absolute atomic E-state index is 0.0998. The summed E-state index contributed by atoms with van der Waals surface area (Å²) in [6.07, 6.45) is 0.822. The van der Waals surface area contributed by atoms with Crippen LogP contribution in [0, 0.1) is 0 Å². The highest BCUT2D eigenvalue weighted by Gasteiger charge is 2.12. The molecule has 0 aromatic heterocycles. The first kappa shape index (κ1) is 17.1. The third-order valence-electron chi connectivity index (χ3n) is 2.08. The third kappa shape index (κ3) is 12.3. The van der Waals surface area contributed by atoms with Crippen molar-refractivity contribution in [2.24, 2.45) is 0 Å². The molecule has 0 aromatic rings. The van der Waals surface area contributed by atoms with Crippen LogP contribution in [-0.2, 0) is 13.8 Å². The molecule has 0 fully saturated rings. The van der Waals surface area contributed by atoms with E-state index >= 15 is 0 Å². The summed E-state index contributed by atoms with van der Waals surface area (Å²) in [5.41, 5.74) is 0. The zero-order valence-corrected chi connectivity index (χ0v) is 12.5. The molecular weight excluding hydrogens is 241 g/mol. The van der Waals surface area contributed by atoms with Gasteiger partial charge in [-0.1, -0.05) is 0 Å². The van der Waals surface area contributed by atoms with Gasteiger partial charge in [0, 0.05) is 12.6 Å². The maximum atomic E-state index is 11.5. The predicted octanol–water partition coefficient (Wildman–Crippen LogP) is 1.08. The summed E-state index contributed by atoms with van der Waals surface area (Å²) in [7, 11) is 2.43. The second-order valence-corrected chi connectivity index (χ2v) is 7.38. The van der Waals surface area contributed by atoms with Crippen molar-refractivity contribution in [1.82, 2.24) is 0 Å². The molecule has 1 atom stereocenters. The van der Waals surface area contributed by atoms with Gasteiger partial charge >= 0.3 is 0 Å². The second kappa shape index (κ2) is 7.49. The van der Waals surface area contributed by atoms with Crippen LogP contribution in [0.25, 0.3) is 0 Å². The molecule has 0 aliphatic rings. The second-order valence-electron chi connectivity index (χ2n) is 5.45. The van der Waals surface area contributed by atoms with Crippen LogP contribution in [0.15, 0.2) is 0 Å². The van der Waals surface area contributed by atoms with E-state index in [2.05, 4.69) is 0 Å². The van der Waals surface area contributed by atoms with Crippen molar-refractivity contribution in [2.75, 3.05) is 47.1 Å². The Labute approximate surface area is 105 Å². The first-order valence-electron chi connectivity index (χ1n) is 5.99. The van der Waals surface area contributed by atoms with Crippen molar-refractivity contribution in [3.63, 3.8) is 0 Å². The Morgan fingerprint density at radius 2 is 1.82 bits per heavy atom. The van der Waals surface area contributed by atoms with Gasteiger partial charge in [0.05, 0.1) is 47.0 Å². The molecule has 104 valence electrons. The summed E-state index contributed by atoms with van der Waals surface area (Å²) in [6.45, 7) is 5.05. The highest BCUT2D eigenvalue weighted by molar-refractivity contribution is 7.51. The van der Waals surface area contributed by atoms with E-state index in [1.54, 1.807) is 0 Å². The number of ether oxygens (including phenoxy) is 1. The molecule has 0 rings (SSSR count). The molecule has 6 heteroatoms. The number of quaternary nitrogens is 1. The van der Waals surface area contributed by atoms with Crippen molar-refractivity contribution in [1.29, 1.82) is 0 Å². The molecule has 0 aromatic carbocycles. The maximum absolute atomic E-state index is 11.5. The molecule has 5 nitrogen and oxygen atoms in total.